The zero-order valence-corrected chi connectivity index (χ0v) is 9.19. The molecule has 3 heteroatoms. The first-order valence-electron chi connectivity index (χ1n) is 5.56. The highest BCUT2D eigenvalue weighted by atomic mass is 16.3. The monoisotopic (exact) mass is 206 g/mol. The van der Waals surface area contributed by atoms with Crippen LogP contribution in [0.5, 0.6) is 5.75 Å². The summed E-state index contributed by atoms with van der Waals surface area (Å²) in [4.78, 5) is 4.82. The third-order valence-electron chi connectivity index (χ3n) is 3.03. The SMILES string of the molecule is CCN1CCN(c2ccc(O)cc2)CC1. The van der Waals surface area contributed by atoms with Gasteiger partial charge in [-0.3, -0.25) is 0 Å². The van der Waals surface area contributed by atoms with Crippen LogP contribution in [0.3, 0.4) is 0 Å². The molecule has 2 rings (SSSR count). The van der Waals surface area contributed by atoms with Crippen LogP contribution in [0.1, 0.15) is 6.92 Å². The fraction of sp³-hybridized carbons (Fsp3) is 0.500. The van der Waals surface area contributed by atoms with E-state index in [-0.39, 0.29) is 0 Å². The van der Waals surface area contributed by atoms with Crippen LogP contribution >= 0.6 is 0 Å². The highest BCUT2D eigenvalue weighted by molar-refractivity contribution is 5.49. The summed E-state index contributed by atoms with van der Waals surface area (Å²) in [5, 5.41) is 9.21. The minimum Gasteiger partial charge on any atom is -0.508 e. The molecule has 82 valence electrons. The highest BCUT2D eigenvalue weighted by Crippen LogP contribution is 2.19. The fourth-order valence-electron chi connectivity index (χ4n) is 1.99. The van der Waals surface area contributed by atoms with Crippen molar-refractivity contribution in [1.29, 1.82) is 0 Å². The molecular formula is C12H18N2O. The Morgan fingerprint density at radius 2 is 1.67 bits per heavy atom. The number of likely N-dealkylation sites (N-methyl/N-ethyl adjacent to an activating group) is 1. The fourth-order valence-corrected chi connectivity index (χ4v) is 1.99. The largest absolute Gasteiger partial charge is 0.508 e. The average molecular weight is 206 g/mol. The number of piperazine rings is 1. The maximum Gasteiger partial charge on any atom is 0.115 e. The molecule has 0 aromatic heterocycles. The molecular weight excluding hydrogens is 188 g/mol. The summed E-state index contributed by atoms with van der Waals surface area (Å²) in [6, 6.07) is 7.47. The van der Waals surface area contributed by atoms with Crippen molar-refractivity contribution in [3.05, 3.63) is 24.3 Å². The maximum absolute atomic E-state index is 9.21. The summed E-state index contributed by atoms with van der Waals surface area (Å²) in [6.45, 7) is 7.78. The van der Waals surface area contributed by atoms with Crippen LogP contribution < -0.4 is 4.90 Å². The van der Waals surface area contributed by atoms with Gasteiger partial charge >= 0.3 is 0 Å². The topological polar surface area (TPSA) is 26.7 Å². The van der Waals surface area contributed by atoms with E-state index in [9.17, 15) is 5.11 Å². The normalized spacial score (nSPS) is 18.1. The van der Waals surface area contributed by atoms with Gasteiger partial charge in [0.05, 0.1) is 0 Å². The summed E-state index contributed by atoms with van der Waals surface area (Å²) >= 11 is 0. The van der Waals surface area contributed by atoms with Crippen LogP contribution in [0.2, 0.25) is 0 Å². The first-order valence-corrected chi connectivity index (χ1v) is 5.56. The average Bonchev–Trinajstić information content (AvgIpc) is 2.30. The standard InChI is InChI=1S/C12H18N2O/c1-2-13-7-9-14(10-8-13)11-3-5-12(15)6-4-11/h3-6,15H,2,7-10H2,1H3. The number of phenolic OH excluding ortho intramolecular Hbond substituents is 1. The molecule has 15 heavy (non-hydrogen) atoms. The number of benzene rings is 1. The van der Waals surface area contributed by atoms with Gasteiger partial charge < -0.3 is 14.9 Å². The number of rotatable bonds is 2. The number of hydrogen-bond acceptors (Lipinski definition) is 3. The van der Waals surface area contributed by atoms with Gasteiger partial charge in [0.2, 0.25) is 0 Å². The van der Waals surface area contributed by atoms with E-state index in [4.69, 9.17) is 0 Å². The van der Waals surface area contributed by atoms with E-state index in [2.05, 4.69) is 16.7 Å². The second-order valence-corrected chi connectivity index (χ2v) is 3.94. The molecule has 0 spiro atoms. The molecule has 0 unspecified atom stereocenters. The van der Waals surface area contributed by atoms with Gasteiger partial charge in [-0.25, -0.2) is 0 Å². The van der Waals surface area contributed by atoms with Crippen molar-refractivity contribution in [2.45, 2.75) is 6.92 Å². The van der Waals surface area contributed by atoms with Crippen molar-refractivity contribution in [1.82, 2.24) is 4.90 Å². The molecule has 1 aromatic carbocycles. The Bertz CT molecular complexity index is 302. The summed E-state index contributed by atoms with van der Waals surface area (Å²) in [6.07, 6.45) is 0. The first kappa shape index (κ1) is 10.3. The van der Waals surface area contributed by atoms with E-state index in [1.807, 2.05) is 12.1 Å². The van der Waals surface area contributed by atoms with Crippen LogP contribution in [0.15, 0.2) is 24.3 Å². The van der Waals surface area contributed by atoms with Gasteiger partial charge in [-0.1, -0.05) is 6.92 Å². The Kier molecular flexibility index (Phi) is 3.11. The lowest BCUT2D eigenvalue weighted by Gasteiger charge is -2.35. The van der Waals surface area contributed by atoms with E-state index in [0.29, 0.717) is 5.75 Å². The van der Waals surface area contributed by atoms with Crippen molar-refractivity contribution in [3.8, 4) is 5.75 Å². The van der Waals surface area contributed by atoms with E-state index >= 15 is 0 Å². The van der Waals surface area contributed by atoms with Crippen LogP contribution in [-0.2, 0) is 0 Å². The number of aromatic hydroxyl groups is 1. The molecule has 1 heterocycles. The van der Waals surface area contributed by atoms with Crippen molar-refractivity contribution in [2.24, 2.45) is 0 Å². The summed E-state index contributed by atoms with van der Waals surface area (Å²) in [7, 11) is 0. The van der Waals surface area contributed by atoms with Crippen LogP contribution in [0, 0.1) is 0 Å². The quantitative estimate of drug-likeness (QED) is 0.795. The lowest BCUT2D eigenvalue weighted by atomic mass is 10.2. The molecule has 3 nitrogen and oxygen atoms in total. The van der Waals surface area contributed by atoms with E-state index in [0.717, 1.165) is 32.7 Å². The van der Waals surface area contributed by atoms with Gasteiger partial charge in [0.25, 0.3) is 0 Å². The molecule has 1 saturated heterocycles. The molecule has 0 bridgehead atoms. The van der Waals surface area contributed by atoms with Crippen LogP contribution in [-0.4, -0.2) is 42.7 Å². The number of hydrogen-bond donors (Lipinski definition) is 1. The Morgan fingerprint density at radius 1 is 1.07 bits per heavy atom. The molecule has 1 aromatic rings. The molecule has 1 aliphatic heterocycles. The lowest BCUT2D eigenvalue weighted by molar-refractivity contribution is 0.271. The van der Waals surface area contributed by atoms with Crippen molar-refractivity contribution in [3.63, 3.8) is 0 Å². The number of phenols is 1. The van der Waals surface area contributed by atoms with E-state index < -0.39 is 0 Å². The Morgan fingerprint density at radius 3 is 2.20 bits per heavy atom. The van der Waals surface area contributed by atoms with Crippen molar-refractivity contribution >= 4 is 5.69 Å². The predicted molar refractivity (Wildman–Crippen MR) is 62.4 cm³/mol. The molecule has 0 saturated carbocycles. The molecule has 1 fully saturated rings. The van der Waals surface area contributed by atoms with Crippen LogP contribution in [0.25, 0.3) is 0 Å². The van der Waals surface area contributed by atoms with E-state index in [1.54, 1.807) is 12.1 Å². The molecule has 0 radical (unpaired) electrons. The number of anilines is 1. The summed E-state index contributed by atoms with van der Waals surface area (Å²) in [5.41, 5.74) is 1.21. The van der Waals surface area contributed by atoms with Crippen molar-refractivity contribution < 1.29 is 5.11 Å². The maximum atomic E-state index is 9.21. The predicted octanol–water partition coefficient (Wildman–Crippen LogP) is 1.53. The molecule has 1 N–H and O–H groups in total. The Labute approximate surface area is 90.9 Å². The second-order valence-electron chi connectivity index (χ2n) is 3.94. The second kappa shape index (κ2) is 4.53. The Balaban J connectivity index is 1.98. The Hall–Kier alpha value is -1.22. The minimum atomic E-state index is 0.339. The zero-order valence-electron chi connectivity index (χ0n) is 9.19. The minimum absolute atomic E-state index is 0.339. The summed E-state index contributed by atoms with van der Waals surface area (Å²) in [5.74, 6) is 0.339. The van der Waals surface area contributed by atoms with Gasteiger partial charge in [-0.15, -0.1) is 0 Å². The third kappa shape index (κ3) is 2.42. The van der Waals surface area contributed by atoms with Crippen molar-refractivity contribution in [2.75, 3.05) is 37.6 Å². The lowest BCUT2D eigenvalue weighted by Crippen LogP contribution is -2.46. The van der Waals surface area contributed by atoms with E-state index in [1.165, 1.54) is 5.69 Å². The third-order valence-corrected chi connectivity index (χ3v) is 3.03. The van der Waals surface area contributed by atoms with Gasteiger partial charge in [0, 0.05) is 31.9 Å². The molecule has 0 aliphatic carbocycles. The highest BCUT2D eigenvalue weighted by Gasteiger charge is 2.15. The van der Waals surface area contributed by atoms with Gasteiger partial charge in [0.15, 0.2) is 0 Å². The number of nitrogens with zero attached hydrogens (tertiary/aromatic N) is 2. The molecule has 1 aliphatic rings. The molecule has 0 atom stereocenters. The van der Waals surface area contributed by atoms with Gasteiger partial charge in [-0.05, 0) is 30.8 Å². The van der Waals surface area contributed by atoms with Gasteiger partial charge in [-0.2, -0.15) is 0 Å². The smallest absolute Gasteiger partial charge is 0.115 e. The zero-order chi connectivity index (χ0) is 10.7. The first-order chi connectivity index (χ1) is 7.29. The van der Waals surface area contributed by atoms with Crippen LogP contribution in [0.4, 0.5) is 5.69 Å². The van der Waals surface area contributed by atoms with Gasteiger partial charge in [0.1, 0.15) is 5.75 Å². The molecule has 0 amide bonds. The summed E-state index contributed by atoms with van der Waals surface area (Å²) < 4.78 is 0.